The maximum atomic E-state index is 11.7. The molecule has 1 aliphatic rings. The molecule has 1 aliphatic heterocycles. The quantitative estimate of drug-likeness (QED) is 0.768. The van der Waals surface area contributed by atoms with Gasteiger partial charge < -0.3 is 0 Å². The van der Waals surface area contributed by atoms with Crippen molar-refractivity contribution < 1.29 is 8.42 Å². The second-order valence-corrected chi connectivity index (χ2v) is 5.44. The first kappa shape index (κ1) is 9.00. The van der Waals surface area contributed by atoms with Gasteiger partial charge in [0.2, 0.25) is 0 Å². The van der Waals surface area contributed by atoms with Gasteiger partial charge in [0.1, 0.15) is 0 Å². The van der Waals surface area contributed by atoms with E-state index in [-0.39, 0.29) is 0 Å². The molecular formula is C10H6ClNO2S. The number of anilines is 1. The average molecular weight is 240 g/mol. The zero-order valence-electron chi connectivity index (χ0n) is 7.49. The van der Waals surface area contributed by atoms with Crippen molar-refractivity contribution in [1.82, 2.24) is 0 Å². The van der Waals surface area contributed by atoms with Gasteiger partial charge in [-0.2, -0.15) is 0 Å². The second kappa shape index (κ2) is 2.65. The standard InChI is InChI=1S/C10H6ClNO2S/c11-7-4-5-8-10-6(7)2-1-3-9(10)15(13,14)12-8/h1-5,12H. The molecule has 5 heteroatoms. The Morgan fingerprint density at radius 1 is 1.13 bits per heavy atom. The summed E-state index contributed by atoms with van der Waals surface area (Å²) in [6, 6.07) is 8.46. The summed E-state index contributed by atoms with van der Waals surface area (Å²) in [4.78, 5) is 0.303. The zero-order valence-corrected chi connectivity index (χ0v) is 9.06. The molecule has 76 valence electrons. The molecule has 0 saturated carbocycles. The summed E-state index contributed by atoms with van der Waals surface area (Å²) < 4.78 is 25.9. The molecule has 3 nitrogen and oxygen atoms in total. The van der Waals surface area contributed by atoms with Crippen molar-refractivity contribution in [3.8, 4) is 0 Å². The van der Waals surface area contributed by atoms with E-state index in [4.69, 9.17) is 11.6 Å². The van der Waals surface area contributed by atoms with Gasteiger partial charge in [0.25, 0.3) is 10.0 Å². The first-order chi connectivity index (χ1) is 7.09. The van der Waals surface area contributed by atoms with Crippen LogP contribution in [0.4, 0.5) is 5.69 Å². The Labute approximate surface area is 91.7 Å². The number of sulfonamides is 1. The molecule has 0 unspecified atom stereocenters. The molecule has 0 bridgehead atoms. The molecule has 2 aromatic rings. The molecule has 0 spiro atoms. The summed E-state index contributed by atoms with van der Waals surface area (Å²) >= 11 is 6.00. The van der Waals surface area contributed by atoms with E-state index in [0.29, 0.717) is 21.0 Å². The average Bonchev–Trinajstić information content (AvgIpc) is 2.47. The third-order valence-corrected chi connectivity index (χ3v) is 4.22. The number of rotatable bonds is 0. The van der Waals surface area contributed by atoms with Gasteiger partial charge in [-0.3, -0.25) is 4.72 Å². The van der Waals surface area contributed by atoms with Gasteiger partial charge in [0.05, 0.1) is 10.6 Å². The number of benzene rings is 2. The lowest BCUT2D eigenvalue weighted by atomic mass is 10.1. The second-order valence-electron chi connectivity index (χ2n) is 3.38. The summed E-state index contributed by atoms with van der Waals surface area (Å²) in [6.07, 6.45) is 0. The third-order valence-electron chi connectivity index (χ3n) is 2.48. The maximum Gasteiger partial charge on any atom is 0.262 e. The summed E-state index contributed by atoms with van der Waals surface area (Å²) in [7, 11) is -3.38. The Hall–Kier alpha value is -1.26. The van der Waals surface area contributed by atoms with Gasteiger partial charge in [0, 0.05) is 15.8 Å². The van der Waals surface area contributed by atoms with E-state index in [9.17, 15) is 8.42 Å². The first-order valence-corrected chi connectivity index (χ1v) is 6.20. The van der Waals surface area contributed by atoms with E-state index >= 15 is 0 Å². The summed E-state index contributed by atoms with van der Waals surface area (Å²) in [5.41, 5.74) is 0.602. The van der Waals surface area contributed by atoms with Crippen LogP contribution in [0.5, 0.6) is 0 Å². The van der Waals surface area contributed by atoms with E-state index < -0.39 is 10.0 Å². The minimum atomic E-state index is -3.38. The van der Waals surface area contributed by atoms with Crippen LogP contribution < -0.4 is 4.72 Å². The van der Waals surface area contributed by atoms with Crippen molar-refractivity contribution in [2.75, 3.05) is 4.72 Å². The number of hydrogen-bond acceptors (Lipinski definition) is 2. The molecule has 0 fully saturated rings. The van der Waals surface area contributed by atoms with E-state index in [1.54, 1.807) is 24.3 Å². The molecular weight excluding hydrogens is 234 g/mol. The van der Waals surface area contributed by atoms with Gasteiger partial charge in [-0.1, -0.05) is 23.7 Å². The van der Waals surface area contributed by atoms with Crippen molar-refractivity contribution >= 4 is 38.1 Å². The normalized spacial score (nSPS) is 16.6. The molecule has 3 rings (SSSR count). The molecule has 1 heterocycles. The fraction of sp³-hybridized carbons (Fsp3) is 0. The predicted octanol–water partition coefficient (Wildman–Crippen LogP) is 2.61. The predicted molar refractivity (Wildman–Crippen MR) is 59.8 cm³/mol. The molecule has 0 atom stereocenters. The van der Waals surface area contributed by atoms with E-state index in [1.807, 2.05) is 6.07 Å². The maximum absolute atomic E-state index is 11.7. The molecule has 0 aromatic heterocycles. The topological polar surface area (TPSA) is 46.2 Å². The zero-order chi connectivity index (χ0) is 10.6. The van der Waals surface area contributed by atoms with E-state index in [2.05, 4.69) is 4.72 Å². The molecule has 15 heavy (non-hydrogen) atoms. The van der Waals surface area contributed by atoms with Crippen LogP contribution in [0.25, 0.3) is 10.8 Å². The van der Waals surface area contributed by atoms with Crippen LogP contribution in [-0.2, 0) is 10.0 Å². The van der Waals surface area contributed by atoms with Gasteiger partial charge in [-0.25, -0.2) is 8.42 Å². The van der Waals surface area contributed by atoms with Crippen molar-refractivity contribution in [2.45, 2.75) is 4.90 Å². The minimum absolute atomic E-state index is 0.303. The Balaban J connectivity index is 2.63. The highest BCUT2D eigenvalue weighted by molar-refractivity contribution is 7.93. The van der Waals surface area contributed by atoms with Gasteiger partial charge in [-0.05, 0) is 18.2 Å². The highest BCUT2D eigenvalue weighted by Crippen LogP contribution is 2.39. The molecule has 0 saturated heterocycles. The fourth-order valence-electron chi connectivity index (χ4n) is 1.85. The highest BCUT2D eigenvalue weighted by atomic mass is 35.5. The molecule has 0 radical (unpaired) electrons. The van der Waals surface area contributed by atoms with Crippen LogP contribution in [0, 0.1) is 0 Å². The highest BCUT2D eigenvalue weighted by Gasteiger charge is 2.27. The minimum Gasteiger partial charge on any atom is -0.279 e. The van der Waals surface area contributed by atoms with Crippen LogP contribution in [0.15, 0.2) is 35.2 Å². The van der Waals surface area contributed by atoms with E-state index in [1.165, 1.54) is 0 Å². The molecule has 1 N–H and O–H groups in total. The summed E-state index contributed by atoms with van der Waals surface area (Å²) in [5, 5.41) is 2.01. The van der Waals surface area contributed by atoms with Gasteiger partial charge >= 0.3 is 0 Å². The lowest BCUT2D eigenvalue weighted by Crippen LogP contribution is -2.05. The lowest BCUT2D eigenvalue weighted by Gasteiger charge is -2.00. The SMILES string of the molecule is O=S1(=O)Nc2ccc(Cl)c3cccc1c23. The largest absolute Gasteiger partial charge is 0.279 e. The Morgan fingerprint density at radius 3 is 2.73 bits per heavy atom. The van der Waals surface area contributed by atoms with Crippen LogP contribution in [-0.4, -0.2) is 8.42 Å². The monoisotopic (exact) mass is 239 g/mol. The first-order valence-electron chi connectivity index (χ1n) is 4.34. The summed E-state index contributed by atoms with van der Waals surface area (Å²) in [6.45, 7) is 0. The summed E-state index contributed by atoms with van der Waals surface area (Å²) in [5.74, 6) is 0. The van der Waals surface area contributed by atoms with E-state index in [0.717, 1.165) is 5.39 Å². The molecule has 0 amide bonds. The molecule has 2 aromatic carbocycles. The van der Waals surface area contributed by atoms with Crippen molar-refractivity contribution in [3.63, 3.8) is 0 Å². The van der Waals surface area contributed by atoms with Gasteiger partial charge in [0.15, 0.2) is 0 Å². The van der Waals surface area contributed by atoms with Crippen LogP contribution in [0.2, 0.25) is 5.02 Å². The Bertz CT molecular complexity index is 679. The Kier molecular flexibility index (Phi) is 1.59. The Morgan fingerprint density at radius 2 is 1.93 bits per heavy atom. The van der Waals surface area contributed by atoms with Crippen LogP contribution >= 0.6 is 11.6 Å². The smallest absolute Gasteiger partial charge is 0.262 e. The van der Waals surface area contributed by atoms with Crippen LogP contribution in [0.3, 0.4) is 0 Å². The van der Waals surface area contributed by atoms with Crippen LogP contribution in [0.1, 0.15) is 0 Å². The van der Waals surface area contributed by atoms with Gasteiger partial charge in [-0.15, -0.1) is 0 Å². The number of halogens is 1. The lowest BCUT2D eigenvalue weighted by molar-refractivity contribution is 0.603. The third kappa shape index (κ3) is 1.09. The van der Waals surface area contributed by atoms with Crippen molar-refractivity contribution in [1.29, 1.82) is 0 Å². The number of nitrogens with one attached hydrogen (secondary N) is 1. The fourth-order valence-corrected chi connectivity index (χ4v) is 3.38. The number of hydrogen-bond donors (Lipinski definition) is 1. The molecule has 0 aliphatic carbocycles. The van der Waals surface area contributed by atoms with Crippen molar-refractivity contribution in [3.05, 3.63) is 35.4 Å². The van der Waals surface area contributed by atoms with Crippen molar-refractivity contribution in [2.24, 2.45) is 0 Å².